The number of rotatable bonds is 4. The van der Waals surface area contributed by atoms with Gasteiger partial charge in [0, 0.05) is 17.3 Å². The molecule has 2 heterocycles. The molecule has 2 aliphatic heterocycles. The van der Waals surface area contributed by atoms with Gasteiger partial charge in [0.1, 0.15) is 5.82 Å². The van der Waals surface area contributed by atoms with Crippen molar-refractivity contribution >= 4 is 21.4 Å². The largest absolute Gasteiger partial charge is 0.454 e. The average molecular weight is 465 g/mol. The summed E-state index contributed by atoms with van der Waals surface area (Å²) in [5, 5.41) is 3.62. The Hall–Kier alpha value is -3.52. The molecule has 0 fully saturated rings. The maximum Gasteiger partial charge on any atom is 0.261 e. The molecule has 0 radical (unpaired) electrons. The lowest BCUT2D eigenvalue weighted by Crippen LogP contribution is -2.29. The highest BCUT2D eigenvalue weighted by Gasteiger charge is 2.39. The van der Waals surface area contributed by atoms with E-state index >= 15 is 0 Å². The van der Waals surface area contributed by atoms with E-state index in [1.807, 2.05) is 18.2 Å². The highest BCUT2D eigenvalue weighted by molar-refractivity contribution is 7.92. The van der Waals surface area contributed by atoms with Gasteiger partial charge in [-0.3, -0.25) is 4.72 Å². The molecule has 6 rings (SSSR count). The molecule has 33 heavy (non-hydrogen) atoms. The second-order valence-electron chi connectivity index (χ2n) is 8.45. The fraction of sp³-hybridized carbons (Fsp3) is 0.200. The fourth-order valence-electron chi connectivity index (χ4n) is 4.91. The molecule has 0 aromatic heterocycles. The van der Waals surface area contributed by atoms with E-state index in [4.69, 9.17) is 9.47 Å². The Balaban J connectivity index is 1.33. The Bertz CT molecular complexity index is 1370. The molecule has 0 spiro atoms. The molecule has 2 N–H and O–H groups in total. The summed E-state index contributed by atoms with van der Waals surface area (Å²) in [5.41, 5.74) is 3.28. The van der Waals surface area contributed by atoms with E-state index in [1.165, 1.54) is 24.3 Å². The smallest absolute Gasteiger partial charge is 0.261 e. The molecule has 1 aliphatic carbocycles. The van der Waals surface area contributed by atoms with Crippen molar-refractivity contribution in [1.29, 1.82) is 0 Å². The van der Waals surface area contributed by atoms with Crippen LogP contribution in [0.15, 0.2) is 77.7 Å². The van der Waals surface area contributed by atoms with Crippen molar-refractivity contribution in [3.63, 3.8) is 0 Å². The summed E-state index contributed by atoms with van der Waals surface area (Å²) in [6.45, 7) is 0.233. The topological polar surface area (TPSA) is 76.7 Å². The van der Waals surface area contributed by atoms with Gasteiger partial charge in [-0.25, -0.2) is 12.8 Å². The Labute approximate surface area is 191 Å². The number of sulfonamides is 1. The standard InChI is InChI=1S/C25H21FN2O4S/c26-16-5-7-17(8-6-16)28-33(29,30)18-9-10-22-21(13-18)19-2-1-3-20(19)25(27-22)15-4-11-23-24(12-15)32-14-31-23/h1-2,4-13,19-20,25,27-28H,3,14H2/t19-,20+,25+/m0/s1. The van der Waals surface area contributed by atoms with Crippen LogP contribution < -0.4 is 19.5 Å². The summed E-state index contributed by atoms with van der Waals surface area (Å²) in [7, 11) is -3.82. The maximum absolute atomic E-state index is 13.2. The van der Waals surface area contributed by atoms with Gasteiger partial charge in [0.05, 0.1) is 10.9 Å². The fourth-order valence-corrected chi connectivity index (χ4v) is 6.00. The Morgan fingerprint density at radius 1 is 0.970 bits per heavy atom. The van der Waals surface area contributed by atoms with Crippen LogP contribution in [0.2, 0.25) is 0 Å². The number of allylic oxidation sites excluding steroid dienone is 2. The summed E-state index contributed by atoms with van der Waals surface area (Å²) >= 11 is 0. The first kappa shape index (κ1) is 20.1. The van der Waals surface area contributed by atoms with Gasteiger partial charge in [0.2, 0.25) is 6.79 Å². The summed E-state index contributed by atoms with van der Waals surface area (Å²) in [5.74, 6) is 1.42. The van der Waals surface area contributed by atoms with E-state index in [2.05, 4.69) is 28.3 Å². The van der Waals surface area contributed by atoms with Crippen LogP contribution in [0, 0.1) is 11.7 Å². The molecule has 3 atom stereocenters. The molecule has 0 bridgehead atoms. The molecule has 0 saturated carbocycles. The minimum atomic E-state index is -3.82. The molecule has 0 amide bonds. The second-order valence-corrected chi connectivity index (χ2v) is 10.1. The van der Waals surface area contributed by atoms with E-state index in [-0.39, 0.29) is 29.6 Å². The summed E-state index contributed by atoms with van der Waals surface area (Å²) < 4.78 is 52.7. The first-order valence-corrected chi connectivity index (χ1v) is 12.2. The zero-order chi connectivity index (χ0) is 22.6. The van der Waals surface area contributed by atoms with Gasteiger partial charge in [-0.05, 0) is 78.1 Å². The van der Waals surface area contributed by atoms with Gasteiger partial charge in [-0.2, -0.15) is 0 Å². The second kappa shape index (κ2) is 7.52. The van der Waals surface area contributed by atoms with Gasteiger partial charge in [0.15, 0.2) is 11.5 Å². The van der Waals surface area contributed by atoms with Crippen LogP contribution in [0.5, 0.6) is 11.5 Å². The predicted octanol–water partition coefficient (Wildman–Crippen LogP) is 5.18. The van der Waals surface area contributed by atoms with Crippen molar-refractivity contribution in [2.24, 2.45) is 5.92 Å². The van der Waals surface area contributed by atoms with Crippen LogP contribution in [0.4, 0.5) is 15.8 Å². The lowest BCUT2D eigenvalue weighted by Gasteiger charge is -2.37. The highest BCUT2D eigenvalue weighted by atomic mass is 32.2. The van der Waals surface area contributed by atoms with E-state index in [0.29, 0.717) is 5.69 Å². The molecule has 3 aromatic rings. The first-order chi connectivity index (χ1) is 16.0. The van der Waals surface area contributed by atoms with Crippen molar-refractivity contribution in [2.45, 2.75) is 23.3 Å². The summed E-state index contributed by atoms with van der Waals surface area (Å²) in [6.07, 6.45) is 5.21. The van der Waals surface area contributed by atoms with Gasteiger partial charge in [-0.15, -0.1) is 0 Å². The Morgan fingerprint density at radius 3 is 2.64 bits per heavy atom. The monoisotopic (exact) mass is 464 g/mol. The third kappa shape index (κ3) is 3.51. The summed E-state index contributed by atoms with van der Waals surface area (Å²) in [6, 6.07) is 16.5. The Morgan fingerprint density at radius 2 is 1.79 bits per heavy atom. The molecule has 0 unspecified atom stereocenters. The van der Waals surface area contributed by atoms with Crippen molar-refractivity contribution in [2.75, 3.05) is 16.8 Å². The summed E-state index contributed by atoms with van der Waals surface area (Å²) in [4.78, 5) is 0.174. The van der Waals surface area contributed by atoms with Crippen molar-refractivity contribution in [1.82, 2.24) is 0 Å². The number of fused-ring (bicyclic) bond motifs is 4. The van der Waals surface area contributed by atoms with Crippen LogP contribution in [0.25, 0.3) is 0 Å². The van der Waals surface area contributed by atoms with Gasteiger partial charge >= 0.3 is 0 Å². The van der Waals surface area contributed by atoms with Crippen LogP contribution >= 0.6 is 0 Å². The number of nitrogens with one attached hydrogen (secondary N) is 2. The molecule has 0 saturated heterocycles. The molecule has 8 heteroatoms. The van der Waals surface area contributed by atoms with Crippen LogP contribution in [-0.4, -0.2) is 15.2 Å². The minimum absolute atomic E-state index is 0.0618. The normalized spacial score (nSPS) is 22.4. The molecular weight excluding hydrogens is 443 g/mol. The number of benzene rings is 3. The number of halogens is 1. The van der Waals surface area contributed by atoms with Crippen molar-refractivity contribution in [3.8, 4) is 11.5 Å². The van der Waals surface area contributed by atoms with Crippen molar-refractivity contribution in [3.05, 3.63) is 89.8 Å². The highest BCUT2D eigenvalue weighted by Crippen LogP contribution is 2.51. The van der Waals surface area contributed by atoms with E-state index in [1.54, 1.807) is 12.1 Å². The average Bonchev–Trinajstić information content (AvgIpc) is 3.49. The number of hydrogen-bond acceptors (Lipinski definition) is 5. The zero-order valence-electron chi connectivity index (χ0n) is 17.5. The quantitative estimate of drug-likeness (QED) is 0.520. The van der Waals surface area contributed by atoms with Gasteiger partial charge < -0.3 is 14.8 Å². The Kier molecular flexibility index (Phi) is 4.58. The molecule has 3 aromatic carbocycles. The van der Waals surface area contributed by atoms with Crippen LogP contribution in [-0.2, 0) is 10.0 Å². The zero-order valence-corrected chi connectivity index (χ0v) is 18.3. The molecule has 3 aliphatic rings. The SMILES string of the molecule is O=S(=O)(Nc1ccc(F)cc1)c1ccc2c(c1)[C@H]1C=CC[C@H]1[C@@H](c1ccc3c(c1)OCO3)N2. The molecule has 168 valence electrons. The minimum Gasteiger partial charge on any atom is -0.454 e. The van der Waals surface area contributed by atoms with Crippen LogP contribution in [0.3, 0.4) is 0 Å². The van der Waals surface area contributed by atoms with E-state index < -0.39 is 15.8 Å². The predicted molar refractivity (Wildman–Crippen MR) is 123 cm³/mol. The van der Waals surface area contributed by atoms with Crippen molar-refractivity contribution < 1.29 is 22.3 Å². The third-order valence-electron chi connectivity index (χ3n) is 6.50. The number of hydrogen-bond donors (Lipinski definition) is 2. The lowest BCUT2D eigenvalue weighted by molar-refractivity contribution is 0.174. The van der Waals surface area contributed by atoms with E-state index in [9.17, 15) is 12.8 Å². The number of anilines is 2. The maximum atomic E-state index is 13.2. The van der Waals surface area contributed by atoms with Crippen LogP contribution in [0.1, 0.15) is 29.5 Å². The lowest BCUT2D eigenvalue weighted by atomic mass is 9.77. The number of ether oxygens (including phenoxy) is 2. The first-order valence-electron chi connectivity index (χ1n) is 10.7. The van der Waals surface area contributed by atoms with Gasteiger partial charge in [-0.1, -0.05) is 18.2 Å². The van der Waals surface area contributed by atoms with Gasteiger partial charge in [0.25, 0.3) is 10.0 Å². The molecular formula is C25H21FN2O4S. The van der Waals surface area contributed by atoms with E-state index in [0.717, 1.165) is 34.7 Å². The third-order valence-corrected chi connectivity index (χ3v) is 7.88. The molecule has 6 nitrogen and oxygen atoms in total.